The summed E-state index contributed by atoms with van der Waals surface area (Å²) < 4.78 is 4.66. The molecule has 0 fully saturated rings. The van der Waals surface area contributed by atoms with E-state index in [0.717, 1.165) is 12.8 Å². The predicted molar refractivity (Wildman–Crippen MR) is 94.3 cm³/mol. The molecule has 0 N–H and O–H groups in total. The van der Waals surface area contributed by atoms with Crippen LogP contribution in [0.5, 0.6) is 0 Å². The van der Waals surface area contributed by atoms with Crippen LogP contribution in [0, 0.1) is 0 Å². The third kappa shape index (κ3) is 1.35. The molecule has 2 aromatic carbocycles. The second kappa shape index (κ2) is 4.04. The molecule has 1 aliphatic rings. The largest absolute Gasteiger partial charge is 0.344 e. The van der Waals surface area contributed by atoms with Gasteiger partial charge in [-0.2, -0.15) is 0 Å². The van der Waals surface area contributed by atoms with E-state index < -0.39 is 0 Å². The van der Waals surface area contributed by atoms with Crippen LogP contribution in [0.4, 0.5) is 0 Å². The van der Waals surface area contributed by atoms with Crippen molar-refractivity contribution in [2.24, 2.45) is 14.1 Å². The quantitative estimate of drug-likeness (QED) is 0.470. The minimum Gasteiger partial charge on any atom is -0.344 e. The smallest absolute Gasteiger partial charge is 0.0496 e. The minimum absolute atomic E-state index is 1.15. The van der Waals surface area contributed by atoms with Crippen LogP contribution in [0.15, 0.2) is 36.4 Å². The molecular weight excluding hydrogens is 268 g/mol. The van der Waals surface area contributed by atoms with Gasteiger partial charge in [0.05, 0.1) is 0 Å². The van der Waals surface area contributed by atoms with Gasteiger partial charge in [0, 0.05) is 57.4 Å². The number of fused-ring (bicyclic) bond motifs is 6. The van der Waals surface area contributed by atoms with Crippen molar-refractivity contribution in [3.63, 3.8) is 0 Å². The molecule has 0 aliphatic heterocycles. The molecule has 0 bridgehead atoms. The SMILES string of the molecule is Cn1c2c(c3cc4c(cc31)c1ccccc1n4C)=CCCC=2. The molecule has 2 nitrogen and oxygen atoms in total. The molecule has 0 saturated heterocycles. The van der Waals surface area contributed by atoms with Crippen molar-refractivity contribution in [2.45, 2.75) is 12.8 Å². The lowest BCUT2D eigenvalue weighted by atomic mass is 10.1. The van der Waals surface area contributed by atoms with Gasteiger partial charge in [-0.25, -0.2) is 0 Å². The monoisotopic (exact) mass is 286 g/mol. The Labute approximate surface area is 128 Å². The van der Waals surface area contributed by atoms with E-state index in [1.165, 1.54) is 43.3 Å². The lowest BCUT2D eigenvalue weighted by molar-refractivity contribution is 0.910. The third-order valence-electron chi connectivity index (χ3n) is 5.17. The van der Waals surface area contributed by atoms with Gasteiger partial charge in [-0.3, -0.25) is 0 Å². The van der Waals surface area contributed by atoms with Gasteiger partial charge in [0.2, 0.25) is 0 Å². The lowest BCUT2D eigenvalue weighted by Crippen LogP contribution is -2.29. The molecule has 2 aromatic heterocycles. The van der Waals surface area contributed by atoms with Gasteiger partial charge in [0.1, 0.15) is 0 Å². The van der Waals surface area contributed by atoms with Gasteiger partial charge in [-0.1, -0.05) is 30.4 Å². The van der Waals surface area contributed by atoms with E-state index >= 15 is 0 Å². The highest BCUT2D eigenvalue weighted by atomic mass is 15.0. The summed E-state index contributed by atoms with van der Waals surface area (Å²) in [6.45, 7) is 0. The number of hydrogen-bond acceptors (Lipinski definition) is 0. The fraction of sp³-hybridized carbons (Fsp3) is 0.200. The van der Waals surface area contributed by atoms with Crippen molar-refractivity contribution in [3.8, 4) is 0 Å². The number of aryl methyl sites for hydroxylation is 2. The summed E-state index contributed by atoms with van der Waals surface area (Å²) in [7, 11) is 4.36. The van der Waals surface area contributed by atoms with Crippen LogP contribution in [0.2, 0.25) is 0 Å². The molecule has 0 spiro atoms. The fourth-order valence-corrected chi connectivity index (χ4v) is 4.04. The van der Waals surface area contributed by atoms with Crippen LogP contribution >= 0.6 is 0 Å². The Hall–Kier alpha value is -2.48. The van der Waals surface area contributed by atoms with Gasteiger partial charge in [0.15, 0.2) is 0 Å². The summed E-state index contributed by atoms with van der Waals surface area (Å²) >= 11 is 0. The second-order valence-corrected chi connectivity index (χ2v) is 6.31. The fourth-order valence-electron chi connectivity index (χ4n) is 4.04. The van der Waals surface area contributed by atoms with E-state index in [-0.39, 0.29) is 0 Å². The normalized spacial score (nSPS) is 14.3. The highest BCUT2D eigenvalue weighted by Gasteiger charge is 2.13. The van der Waals surface area contributed by atoms with Crippen LogP contribution in [0.3, 0.4) is 0 Å². The zero-order chi connectivity index (χ0) is 14.8. The molecule has 5 rings (SSSR count). The zero-order valence-corrected chi connectivity index (χ0v) is 12.9. The maximum Gasteiger partial charge on any atom is 0.0496 e. The Morgan fingerprint density at radius 2 is 1.45 bits per heavy atom. The van der Waals surface area contributed by atoms with Crippen molar-refractivity contribution in [1.29, 1.82) is 0 Å². The van der Waals surface area contributed by atoms with Gasteiger partial charge in [-0.05, 0) is 31.0 Å². The highest BCUT2D eigenvalue weighted by molar-refractivity contribution is 6.12. The van der Waals surface area contributed by atoms with Crippen molar-refractivity contribution in [2.75, 3.05) is 0 Å². The molecular formula is C20H18N2. The van der Waals surface area contributed by atoms with Crippen molar-refractivity contribution in [1.82, 2.24) is 9.13 Å². The molecule has 0 atom stereocenters. The van der Waals surface area contributed by atoms with E-state index in [9.17, 15) is 0 Å². The predicted octanol–water partition coefficient (Wildman–Crippen LogP) is 3.18. The molecule has 0 unspecified atom stereocenters. The lowest BCUT2D eigenvalue weighted by Gasteiger charge is -2.00. The van der Waals surface area contributed by atoms with Gasteiger partial charge in [-0.15, -0.1) is 0 Å². The first-order chi connectivity index (χ1) is 10.8. The molecule has 2 heterocycles. The summed E-state index contributed by atoms with van der Waals surface area (Å²) in [4.78, 5) is 0. The summed E-state index contributed by atoms with van der Waals surface area (Å²) in [5.41, 5.74) is 3.96. The first-order valence-electron chi connectivity index (χ1n) is 7.91. The van der Waals surface area contributed by atoms with Crippen molar-refractivity contribution in [3.05, 3.63) is 47.0 Å². The number of nitrogens with zero attached hydrogens (tertiary/aromatic N) is 2. The van der Waals surface area contributed by atoms with Crippen LogP contribution in [-0.4, -0.2) is 9.13 Å². The maximum absolute atomic E-state index is 2.39. The Morgan fingerprint density at radius 3 is 2.36 bits per heavy atom. The van der Waals surface area contributed by atoms with Crippen molar-refractivity contribution < 1.29 is 0 Å². The topological polar surface area (TPSA) is 9.86 Å². The van der Waals surface area contributed by atoms with Crippen LogP contribution < -0.4 is 10.6 Å². The molecule has 22 heavy (non-hydrogen) atoms. The number of rotatable bonds is 0. The molecule has 1 aliphatic carbocycles. The second-order valence-electron chi connectivity index (χ2n) is 6.31. The summed E-state index contributed by atoms with van der Waals surface area (Å²) in [5, 5.41) is 6.86. The minimum atomic E-state index is 1.15. The van der Waals surface area contributed by atoms with Gasteiger partial charge < -0.3 is 9.13 Å². The number of aromatic nitrogens is 2. The third-order valence-corrected chi connectivity index (χ3v) is 5.17. The first-order valence-corrected chi connectivity index (χ1v) is 7.91. The first kappa shape index (κ1) is 12.1. The average molecular weight is 286 g/mol. The summed E-state index contributed by atoms with van der Waals surface area (Å²) in [6, 6.07) is 13.4. The number of para-hydroxylation sites is 1. The Morgan fingerprint density at radius 1 is 0.727 bits per heavy atom. The Kier molecular flexibility index (Phi) is 2.22. The molecule has 108 valence electrons. The molecule has 0 radical (unpaired) electrons. The van der Waals surface area contributed by atoms with E-state index in [1.54, 1.807) is 0 Å². The molecule has 0 amide bonds. The Balaban J connectivity index is 2.10. The van der Waals surface area contributed by atoms with Gasteiger partial charge >= 0.3 is 0 Å². The maximum atomic E-state index is 2.39. The molecule has 2 heteroatoms. The van der Waals surface area contributed by atoms with E-state index in [1.807, 2.05) is 0 Å². The van der Waals surface area contributed by atoms with E-state index in [4.69, 9.17) is 0 Å². The van der Waals surface area contributed by atoms with Crippen LogP contribution in [0.1, 0.15) is 12.8 Å². The standard InChI is InChI=1S/C20H18N2/c1-21-17-9-5-3-7-13(17)15-12-20-16(11-19(15)21)14-8-4-6-10-18(14)22(20)2/h3,5,7-12H,4,6H2,1-2H3. The Bertz CT molecular complexity index is 1190. The summed E-state index contributed by atoms with van der Waals surface area (Å²) in [6.07, 6.45) is 7.07. The summed E-state index contributed by atoms with van der Waals surface area (Å²) in [5.74, 6) is 0. The zero-order valence-electron chi connectivity index (χ0n) is 12.9. The average Bonchev–Trinajstić information content (AvgIpc) is 3.01. The van der Waals surface area contributed by atoms with E-state index in [2.05, 4.69) is 71.8 Å². The van der Waals surface area contributed by atoms with E-state index in [0.29, 0.717) is 0 Å². The number of benzene rings is 2. The number of hydrogen-bond donors (Lipinski definition) is 0. The van der Waals surface area contributed by atoms with Crippen molar-refractivity contribution >= 4 is 44.9 Å². The molecule has 0 saturated carbocycles. The van der Waals surface area contributed by atoms with Crippen LogP contribution in [0.25, 0.3) is 44.9 Å². The highest BCUT2D eigenvalue weighted by Crippen LogP contribution is 2.30. The van der Waals surface area contributed by atoms with Gasteiger partial charge in [0.25, 0.3) is 0 Å². The van der Waals surface area contributed by atoms with Crippen LogP contribution in [-0.2, 0) is 14.1 Å². The molecule has 4 aromatic rings.